The van der Waals surface area contributed by atoms with E-state index in [-0.39, 0.29) is 11.3 Å². The van der Waals surface area contributed by atoms with Crippen LogP contribution in [0.1, 0.15) is 59.7 Å². The molecular formula is C30H32FN5O. The molecule has 5 rings (SSSR count). The number of halogens is 1. The van der Waals surface area contributed by atoms with E-state index >= 15 is 4.39 Å². The first-order valence-corrected chi connectivity index (χ1v) is 12.5. The summed E-state index contributed by atoms with van der Waals surface area (Å²) in [4.78, 5) is 18.1. The van der Waals surface area contributed by atoms with Gasteiger partial charge in [0.25, 0.3) is 0 Å². The number of carbonyl (C=O) groups is 1. The maximum absolute atomic E-state index is 15.6. The van der Waals surface area contributed by atoms with Crippen LogP contribution in [0.3, 0.4) is 0 Å². The quantitative estimate of drug-likeness (QED) is 0.347. The Morgan fingerprint density at radius 1 is 1.11 bits per heavy atom. The van der Waals surface area contributed by atoms with Crippen LogP contribution in [0.5, 0.6) is 0 Å². The number of benzene rings is 3. The molecule has 190 valence electrons. The average molecular weight is 498 g/mol. The smallest absolute Gasteiger partial charge is 0.203 e. The van der Waals surface area contributed by atoms with E-state index in [0.717, 1.165) is 27.9 Å². The van der Waals surface area contributed by atoms with Crippen LogP contribution < -0.4 is 16.4 Å². The molecule has 1 atom stereocenters. The number of carbonyl (C=O) groups excluding carboxylic acids is 1. The van der Waals surface area contributed by atoms with Gasteiger partial charge in [0.15, 0.2) is 0 Å². The number of aromatic nitrogens is 2. The average Bonchev–Trinajstić information content (AvgIpc) is 3.33. The number of rotatable bonds is 6. The third-order valence-electron chi connectivity index (χ3n) is 6.69. The van der Waals surface area contributed by atoms with Gasteiger partial charge in [-0.2, -0.15) is 0 Å². The monoisotopic (exact) mass is 497 g/mol. The molecule has 0 amide bonds. The first kappa shape index (κ1) is 25.0. The zero-order chi connectivity index (χ0) is 26.2. The van der Waals surface area contributed by atoms with Crippen LogP contribution >= 0.6 is 0 Å². The van der Waals surface area contributed by atoms with Gasteiger partial charge in [-0.25, -0.2) is 9.37 Å². The molecule has 0 bridgehead atoms. The van der Waals surface area contributed by atoms with Gasteiger partial charge in [-0.05, 0) is 61.2 Å². The number of imidazole rings is 1. The molecule has 7 heteroatoms. The second-order valence-electron chi connectivity index (χ2n) is 10.5. The lowest BCUT2D eigenvalue weighted by Gasteiger charge is -2.25. The van der Waals surface area contributed by atoms with Gasteiger partial charge in [-0.15, -0.1) is 0 Å². The van der Waals surface area contributed by atoms with Crippen molar-refractivity contribution in [2.24, 2.45) is 5.73 Å². The molecule has 0 spiro atoms. The van der Waals surface area contributed by atoms with Gasteiger partial charge in [-0.1, -0.05) is 48.5 Å². The van der Waals surface area contributed by atoms with E-state index in [1.807, 2.05) is 48.5 Å². The number of nitrogens with one attached hydrogen (secondary N) is 2. The Morgan fingerprint density at radius 2 is 1.92 bits per heavy atom. The normalized spacial score (nSPS) is 15.6. The molecule has 0 saturated carbocycles. The number of hydrogen-bond acceptors (Lipinski definition) is 5. The number of nitrogens with zero attached hydrogens (tertiary/aromatic N) is 2. The predicted octanol–water partition coefficient (Wildman–Crippen LogP) is 5.05. The summed E-state index contributed by atoms with van der Waals surface area (Å²) in [6.45, 7) is 7.79. The SMILES string of the molecule is CC(C)(C)NCc1ccccc1-c1ccc(C2NCc3ncn(-c4cccc(CN)c4)c3C2=O)c(F)c1. The minimum atomic E-state index is -0.799. The van der Waals surface area contributed by atoms with Gasteiger partial charge in [0.1, 0.15) is 23.9 Å². The zero-order valence-corrected chi connectivity index (χ0v) is 21.4. The first-order chi connectivity index (χ1) is 17.7. The molecule has 6 nitrogen and oxygen atoms in total. The summed E-state index contributed by atoms with van der Waals surface area (Å²) in [7, 11) is 0. The highest BCUT2D eigenvalue weighted by Crippen LogP contribution is 2.32. The highest BCUT2D eigenvalue weighted by molar-refractivity contribution is 6.01. The van der Waals surface area contributed by atoms with Crippen molar-refractivity contribution in [2.75, 3.05) is 0 Å². The summed E-state index contributed by atoms with van der Waals surface area (Å²) in [5, 5.41) is 6.68. The summed E-state index contributed by atoms with van der Waals surface area (Å²) in [6, 6.07) is 20.0. The molecule has 0 aliphatic carbocycles. The highest BCUT2D eigenvalue weighted by Gasteiger charge is 2.34. The Kier molecular flexibility index (Phi) is 6.77. The van der Waals surface area contributed by atoms with Crippen LogP contribution in [-0.4, -0.2) is 20.9 Å². The van der Waals surface area contributed by atoms with Gasteiger partial charge in [0.05, 0.1) is 5.69 Å². The number of nitrogens with two attached hydrogens (primary N) is 1. The fourth-order valence-corrected chi connectivity index (χ4v) is 4.73. The van der Waals surface area contributed by atoms with Crippen molar-refractivity contribution in [1.82, 2.24) is 20.2 Å². The van der Waals surface area contributed by atoms with E-state index in [4.69, 9.17) is 5.73 Å². The van der Waals surface area contributed by atoms with E-state index in [1.54, 1.807) is 17.0 Å². The summed E-state index contributed by atoms with van der Waals surface area (Å²) in [6.07, 6.45) is 1.64. The second kappa shape index (κ2) is 10.0. The maximum Gasteiger partial charge on any atom is 0.203 e. The van der Waals surface area contributed by atoms with Crippen molar-refractivity contribution in [3.8, 4) is 16.8 Å². The highest BCUT2D eigenvalue weighted by atomic mass is 19.1. The van der Waals surface area contributed by atoms with Gasteiger partial charge in [0, 0.05) is 36.4 Å². The Bertz CT molecular complexity index is 1450. The topological polar surface area (TPSA) is 85.0 Å². The third-order valence-corrected chi connectivity index (χ3v) is 6.69. The van der Waals surface area contributed by atoms with E-state index in [1.165, 1.54) is 6.07 Å². The molecule has 3 aromatic carbocycles. The van der Waals surface area contributed by atoms with E-state index in [0.29, 0.717) is 36.6 Å². The van der Waals surface area contributed by atoms with Crippen molar-refractivity contribution in [3.63, 3.8) is 0 Å². The lowest BCUT2D eigenvalue weighted by atomic mass is 9.92. The van der Waals surface area contributed by atoms with Gasteiger partial charge < -0.3 is 11.1 Å². The standard InChI is InChI=1S/C30H32FN5O/c1-30(2,3)35-16-21-8-4-5-10-23(21)20-11-12-24(25(31)14-20)27-29(37)28-26(17-33-27)34-18-36(28)22-9-6-7-19(13-22)15-32/h4-14,18,27,33,35H,15-17,32H2,1-3H3. The molecule has 2 heterocycles. The first-order valence-electron chi connectivity index (χ1n) is 12.5. The Balaban J connectivity index is 1.45. The minimum absolute atomic E-state index is 0.0355. The molecule has 0 fully saturated rings. The largest absolute Gasteiger partial charge is 0.326 e. The molecule has 0 radical (unpaired) electrons. The van der Waals surface area contributed by atoms with E-state index < -0.39 is 11.9 Å². The molecule has 0 saturated heterocycles. The molecule has 1 aliphatic heterocycles. The van der Waals surface area contributed by atoms with Crippen LogP contribution in [0.4, 0.5) is 4.39 Å². The van der Waals surface area contributed by atoms with Crippen LogP contribution in [0, 0.1) is 5.82 Å². The van der Waals surface area contributed by atoms with Crippen LogP contribution in [0.2, 0.25) is 0 Å². The third kappa shape index (κ3) is 5.11. The Morgan fingerprint density at radius 3 is 2.68 bits per heavy atom. The van der Waals surface area contributed by atoms with Crippen molar-refractivity contribution in [1.29, 1.82) is 0 Å². The van der Waals surface area contributed by atoms with Gasteiger partial charge in [0.2, 0.25) is 5.78 Å². The van der Waals surface area contributed by atoms with Crippen molar-refractivity contribution in [2.45, 2.75) is 52.0 Å². The number of ketones is 1. The summed E-state index contributed by atoms with van der Waals surface area (Å²) < 4.78 is 17.4. The van der Waals surface area contributed by atoms with Crippen LogP contribution in [-0.2, 0) is 19.6 Å². The van der Waals surface area contributed by atoms with Crippen LogP contribution in [0.25, 0.3) is 16.8 Å². The minimum Gasteiger partial charge on any atom is -0.326 e. The molecule has 37 heavy (non-hydrogen) atoms. The second-order valence-corrected chi connectivity index (χ2v) is 10.5. The number of hydrogen-bond donors (Lipinski definition) is 3. The fraction of sp³-hybridized carbons (Fsp3) is 0.267. The number of fused-ring (bicyclic) bond motifs is 1. The van der Waals surface area contributed by atoms with Crippen molar-refractivity contribution < 1.29 is 9.18 Å². The van der Waals surface area contributed by atoms with Gasteiger partial charge >= 0.3 is 0 Å². The molecule has 1 unspecified atom stereocenters. The number of Topliss-reactive ketones (excluding diaryl/α,β-unsaturated/α-hetero) is 1. The fourth-order valence-electron chi connectivity index (χ4n) is 4.73. The van der Waals surface area contributed by atoms with Crippen molar-refractivity contribution in [3.05, 3.63) is 107 Å². The summed E-state index contributed by atoms with van der Waals surface area (Å²) in [5.74, 6) is -0.625. The zero-order valence-electron chi connectivity index (χ0n) is 21.4. The molecular weight excluding hydrogens is 465 g/mol. The van der Waals surface area contributed by atoms with Crippen molar-refractivity contribution >= 4 is 5.78 Å². The molecule has 4 aromatic rings. The molecule has 4 N–H and O–H groups in total. The lowest BCUT2D eigenvalue weighted by molar-refractivity contribution is 0.0920. The summed E-state index contributed by atoms with van der Waals surface area (Å²) >= 11 is 0. The molecule has 1 aromatic heterocycles. The lowest BCUT2D eigenvalue weighted by Crippen LogP contribution is -2.36. The maximum atomic E-state index is 15.6. The molecule has 1 aliphatic rings. The van der Waals surface area contributed by atoms with E-state index in [9.17, 15) is 4.79 Å². The van der Waals surface area contributed by atoms with Gasteiger partial charge in [-0.3, -0.25) is 14.7 Å². The Labute approximate surface area is 216 Å². The van der Waals surface area contributed by atoms with Crippen LogP contribution in [0.15, 0.2) is 73.1 Å². The Hall–Kier alpha value is -3.65. The summed E-state index contributed by atoms with van der Waals surface area (Å²) in [5.41, 5.74) is 11.8. The van der Waals surface area contributed by atoms with E-state index in [2.05, 4.69) is 42.5 Å². The predicted molar refractivity (Wildman–Crippen MR) is 144 cm³/mol.